The molecule has 0 bridgehead atoms. The molecule has 0 N–H and O–H groups in total. The third kappa shape index (κ3) is 4.08. The van der Waals surface area contributed by atoms with Crippen LogP contribution in [0.5, 0.6) is 0 Å². The molecule has 1 aliphatic heterocycles. The van der Waals surface area contributed by atoms with Crippen molar-refractivity contribution in [1.29, 1.82) is 5.26 Å². The number of hydrogen-bond donors (Lipinski definition) is 0. The van der Waals surface area contributed by atoms with E-state index in [-0.39, 0.29) is 5.78 Å². The molecule has 0 spiro atoms. The minimum absolute atomic E-state index is 0.0286. The van der Waals surface area contributed by atoms with Crippen LogP contribution in [0, 0.1) is 17.2 Å². The molecule has 4 heteroatoms. The van der Waals surface area contributed by atoms with Crippen molar-refractivity contribution in [2.24, 2.45) is 5.92 Å². The van der Waals surface area contributed by atoms with E-state index in [2.05, 4.69) is 24.8 Å². The fourth-order valence-corrected chi connectivity index (χ4v) is 2.70. The minimum atomic E-state index is 0.0286. The zero-order valence-corrected chi connectivity index (χ0v) is 13.6. The van der Waals surface area contributed by atoms with E-state index >= 15 is 0 Å². The van der Waals surface area contributed by atoms with Gasteiger partial charge in [0.15, 0.2) is 5.78 Å². The zero-order chi connectivity index (χ0) is 16.1. The Balaban J connectivity index is 2.06. The first-order valence-corrected chi connectivity index (χ1v) is 7.93. The Kier molecular flexibility index (Phi) is 5.57. The lowest BCUT2D eigenvalue weighted by atomic mass is 10.0. The van der Waals surface area contributed by atoms with Crippen molar-refractivity contribution < 1.29 is 9.53 Å². The van der Waals surface area contributed by atoms with Gasteiger partial charge in [-0.2, -0.15) is 5.26 Å². The smallest absolute Gasteiger partial charge is 0.159 e. The second-order valence-electron chi connectivity index (χ2n) is 6.31. The van der Waals surface area contributed by atoms with Gasteiger partial charge in [0.25, 0.3) is 0 Å². The van der Waals surface area contributed by atoms with Crippen LogP contribution in [-0.4, -0.2) is 31.6 Å². The number of ketones is 1. The van der Waals surface area contributed by atoms with E-state index in [9.17, 15) is 10.1 Å². The molecule has 22 heavy (non-hydrogen) atoms. The van der Waals surface area contributed by atoms with Gasteiger partial charge >= 0.3 is 0 Å². The Morgan fingerprint density at radius 2 is 2.09 bits per heavy atom. The molecule has 1 aromatic carbocycles. The maximum absolute atomic E-state index is 11.6. The van der Waals surface area contributed by atoms with Gasteiger partial charge in [-0.25, -0.2) is 0 Å². The van der Waals surface area contributed by atoms with E-state index in [0.29, 0.717) is 23.1 Å². The maximum Gasteiger partial charge on any atom is 0.159 e. The van der Waals surface area contributed by atoms with Crippen LogP contribution in [0.15, 0.2) is 18.2 Å². The fourth-order valence-electron chi connectivity index (χ4n) is 2.70. The summed E-state index contributed by atoms with van der Waals surface area (Å²) in [6, 6.07) is 7.54. The molecule has 0 atom stereocenters. The first-order chi connectivity index (χ1) is 10.5. The number of piperidine rings is 1. The molecule has 0 amide bonds. The SMILES string of the molecule is CC(=O)c1ccc(C#N)c(N2CCC(OCC(C)C)CC2)c1. The van der Waals surface area contributed by atoms with Gasteiger partial charge in [0.1, 0.15) is 6.07 Å². The van der Waals surface area contributed by atoms with Gasteiger partial charge in [-0.05, 0) is 43.9 Å². The summed E-state index contributed by atoms with van der Waals surface area (Å²) in [5.41, 5.74) is 2.16. The van der Waals surface area contributed by atoms with Crippen molar-refractivity contribution in [2.75, 3.05) is 24.6 Å². The summed E-state index contributed by atoms with van der Waals surface area (Å²) < 4.78 is 5.90. The van der Waals surface area contributed by atoms with Crippen molar-refractivity contribution >= 4 is 11.5 Å². The Labute approximate surface area is 132 Å². The van der Waals surface area contributed by atoms with Crippen LogP contribution >= 0.6 is 0 Å². The molecule has 1 aromatic rings. The average molecular weight is 300 g/mol. The van der Waals surface area contributed by atoms with Crippen molar-refractivity contribution in [3.63, 3.8) is 0 Å². The van der Waals surface area contributed by atoms with Crippen LogP contribution in [0.1, 0.15) is 49.5 Å². The van der Waals surface area contributed by atoms with Gasteiger partial charge in [-0.15, -0.1) is 0 Å². The van der Waals surface area contributed by atoms with Gasteiger partial charge in [0.2, 0.25) is 0 Å². The number of hydrogen-bond acceptors (Lipinski definition) is 4. The van der Waals surface area contributed by atoms with Gasteiger partial charge < -0.3 is 9.64 Å². The average Bonchev–Trinajstić information content (AvgIpc) is 2.52. The highest BCUT2D eigenvalue weighted by Crippen LogP contribution is 2.26. The standard InChI is InChI=1S/C18H24N2O2/c1-13(2)12-22-17-6-8-20(9-7-17)18-10-15(14(3)21)4-5-16(18)11-19/h4-5,10,13,17H,6-9,12H2,1-3H3. The summed E-state index contributed by atoms with van der Waals surface area (Å²) in [5.74, 6) is 0.580. The summed E-state index contributed by atoms with van der Waals surface area (Å²) in [4.78, 5) is 13.8. The van der Waals surface area contributed by atoms with Crippen LogP contribution in [-0.2, 0) is 4.74 Å². The fraction of sp³-hybridized carbons (Fsp3) is 0.556. The highest BCUT2D eigenvalue weighted by molar-refractivity contribution is 5.95. The lowest BCUT2D eigenvalue weighted by Gasteiger charge is -2.34. The number of Topliss-reactive ketones (excluding diaryl/α,β-unsaturated/α-hetero) is 1. The predicted octanol–water partition coefficient (Wildman–Crippen LogP) is 3.40. The molecular weight excluding hydrogens is 276 g/mol. The highest BCUT2D eigenvalue weighted by Gasteiger charge is 2.22. The van der Waals surface area contributed by atoms with Crippen LogP contribution < -0.4 is 4.90 Å². The van der Waals surface area contributed by atoms with E-state index in [1.54, 1.807) is 19.1 Å². The Bertz CT molecular complexity index is 567. The molecule has 0 aromatic heterocycles. The molecule has 4 nitrogen and oxygen atoms in total. The minimum Gasteiger partial charge on any atom is -0.378 e. The second-order valence-corrected chi connectivity index (χ2v) is 6.31. The number of nitrogens with zero attached hydrogens (tertiary/aromatic N) is 2. The third-order valence-corrected chi connectivity index (χ3v) is 3.97. The van der Waals surface area contributed by atoms with E-state index in [4.69, 9.17) is 4.74 Å². The lowest BCUT2D eigenvalue weighted by molar-refractivity contribution is 0.0215. The number of anilines is 1. The molecule has 0 aliphatic carbocycles. The summed E-state index contributed by atoms with van der Waals surface area (Å²) in [5, 5.41) is 9.29. The maximum atomic E-state index is 11.6. The van der Waals surface area contributed by atoms with Crippen LogP contribution in [0.3, 0.4) is 0 Å². The molecule has 1 fully saturated rings. The predicted molar refractivity (Wildman–Crippen MR) is 87.2 cm³/mol. The van der Waals surface area contributed by atoms with E-state index in [1.165, 1.54) is 0 Å². The van der Waals surface area contributed by atoms with Crippen LogP contribution in [0.4, 0.5) is 5.69 Å². The highest BCUT2D eigenvalue weighted by atomic mass is 16.5. The van der Waals surface area contributed by atoms with Gasteiger partial charge in [0.05, 0.1) is 17.4 Å². The van der Waals surface area contributed by atoms with Crippen molar-refractivity contribution in [1.82, 2.24) is 0 Å². The monoisotopic (exact) mass is 300 g/mol. The molecule has 0 unspecified atom stereocenters. The van der Waals surface area contributed by atoms with E-state index < -0.39 is 0 Å². The second kappa shape index (κ2) is 7.42. The molecule has 118 valence electrons. The number of carbonyl (C=O) groups excluding carboxylic acids is 1. The molecule has 0 radical (unpaired) electrons. The van der Waals surface area contributed by atoms with Crippen molar-refractivity contribution in [2.45, 2.75) is 39.7 Å². The summed E-state index contributed by atoms with van der Waals surface area (Å²) in [6.45, 7) is 8.38. The normalized spacial score (nSPS) is 15.9. The third-order valence-electron chi connectivity index (χ3n) is 3.97. The number of rotatable bonds is 5. The van der Waals surface area contributed by atoms with Crippen LogP contribution in [0.2, 0.25) is 0 Å². The van der Waals surface area contributed by atoms with E-state index in [1.807, 2.05) is 6.07 Å². The first-order valence-electron chi connectivity index (χ1n) is 7.93. The topological polar surface area (TPSA) is 53.3 Å². The zero-order valence-electron chi connectivity index (χ0n) is 13.6. The molecule has 1 aliphatic rings. The summed E-state index contributed by atoms with van der Waals surface area (Å²) >= 11 is 0. The lowest BCUT2D eigenvalue weighted by Crippen LogP contribution is -2.38. The molecular formula is C18H24N2O2. The van der Waals surface area contributed by atoms with Crippen LogP contribution in [0.25, 0.3) is 0 Å². The molecule has 1 heterocycles. The quantitative estimate of drug-likeness (QED) is 0.782. The number of ether oxygens (including phenoxy) is 1. The Morgan fingerprint density at radius 3 is 2.64 bits per heavy atom. The summed E-state index contributed by atoms with van der Waals surface area (Å²) in [7, 11) is 0. The Morgan fingerprint density at radius 1 is 1.41 bits per heavy atom. The molecule has 1 saturated heterocycles. The largest absolute Gasteiger partial charge is 0.378 e. The molecule has 2 rings (SSSR count). The van der Waals surface area contributed by atoms with Gasteiger partial charge in [-0.1, -0.05) is 13.8 Å². The van der Waals surface area contributed by atoms with Crippen molar-refractivity contribution in [3.8, 4) is 6.07 Å². The van der Waals surface area contributed by atoms with Crippen molar-refractivity contribution in [3.05, 3.63) is 29.3 Å². The first kappa shape index (κ1) is 16.5. The number of nitriles is 1. The summed E-state index contributed by atoms with van der Waals surface area (Å²) in [6.07, 6.45) is 2.23. The molecule has 0 saturated carbocycles. The number of benzene rings is 1. The van der Waals surface area contributed by atoms with E-state index in [0.717, 1.165) is 38.2 Å². The number of carbonyl (C=O) groups is 1. The van der Waals surface area contributed by atoms with Gasteiger partial charge in [-0.3, -0.25) is 4.79 Å². The Hall–Kier alpha value is -1.86. The van der Waals surface area contributed by atoms with Gasteiger partial charge in [0, 0.05) is 25.3 Å².